The van der Waals surface area contributed by atoms with E-state index >= 15 is 0 Å². The van der Waals surface area contributed by atoms with Crippen molar-refractivity contribution < 1.29 is 13.2 Å². The molecule has 1 aromatic heterocycles. The first-order valence-electron chi connectivity index (χ1n) is 7.19. The number of amides is 1. The highest BCUT2D eigenvalue weighted by atomic mass is 32.2. The van der Waals surface area contributed by atoms with Gasteiger partial charge in [0.15, 0.2) is 5.69 Å². The van der Waals surface area contributed by atoms with Crippen LogP contribution < -0.4 is 10.5 Å². The van der Waals surface area contributed by atoms with Crippen LogP contribution in [0.4, 0.5) is 0 Å². The summed E-state index contributed by atoms with van der Waals surface area (Å²) in [4.78, 5) is 12.2. The molecule has 1 aliphatic carbocycles. The molecule has 0 radical (unpaired) electrons. The zero-order chi connectivity index (χ0) is 15.7. The van der Waals surface area contributed by atoms with Crippen LogP contribution in [0, 0.1) is 0 Å². The molecular weight excluding hydrogens is 292 g/mol. The maximum atomic E-state index is 12.4. The molecule has 1 amide bonds. The van der Waals surface area contributed by atoms with Crippen molar-refractivity contribution in [3.8, 4) is 0 Å². The van der Waals surface area contributed by atoms with Crippen molar-refractivity contribution in [1.29, 1.82) is 0 Å². The summed E-state index contributed by atoms with van der Waals surface area (Å²) in [5.74, 6) is -0.487. The predicted molar refractivity (Wildman–Crippen MR) is 78.3 cm³/mol. The third kappa shape index (κ3) is 3.44. The van der Waals surface area contributed by atoms with Gasteiger partial charge in [0.1, 0.15) is 4.90 Å². The molecule has 1 heterocycles. The first kappa shape index (κ1) is 16.0. The topological polar surface area (TPSA) is 118 Å². The number of aryl methyl sites for hydroxylation is 1. The fraction of sp³-hybridized carbons (Fsp3) is 0.692. The van der Waals surface area contributed by atoms with Crippen LogP contribution in [0.25, 0.3) is 0 Å². The Morgan fingerprint density at radius 2 is 2.00 bits per heavy atom. The number of aromatic nitrogens is 2. The van der Waals surface area contributed by atoms with Crippen molar-refractivity contribution in [2.45, 2.75) is 62.8 Å². The summed E-state index contributed by atoms with van der Waals surface area (Å²) in [6.07, 6.45) is 5.45. The molecule has 1 fully saturated rings. The minimum Gasteiger partial charge on any atom is -0.345 e. The summed E-state index contributed by atoms with van der Waals surface area (Å²) in [5.41, 5.74) is -0.0892. The molecular formula is C13H22N4O3S. The molecule has 0 bridgehead atoms. The van der Waals surface area contributed by atoms with Gasteiger partial charge in [-0.25, -0.2) is 13.6 Å². The Hall–Kier alpha value is -1.41. The SMILES string of the molecule is CCc1[nH]nc(C(=O)NC2(C)CCCCC2)c1S(N)(=O)=O. The van der Waals surface area contributed by atoms with Crippen LogP contribution in [0.1, 0.15) is 62.1 Å². The van der Waals surface area contributed by atoms with E-state index in [2.05, 4.69) is 15.5 Å². The Morgan fingerprint density at radius 3 is 2.52 bits per heavy atom. The molecule has 2 rings (SSSR count). The van der Waals surface area contributed by atoms with Gasteiger partial charge in [0.25, 0.3) is 5.91 Å². The van der Waals surface area contributed by atoms with Gasteiger partial charge < -0.3 is 5.32 Å². The molecule has 1 saturated carbocycles. The van der Waals surface area contributed by atoms with E-state index in [1.165, 1.54) is 0 Å². The van der Waals surface area contributed by atoms with Gasteiger partial charge in [0, 0.05) is 5.54 Å². The zero-order valence-electron chi connectivity index (χ0n) is 12.4. The van der Waals surface area contributed by atoms with Crippen molar-refractivity contribution in [2.75, 3.05) is 0 Å². The van der Waals surface area contributed by atoms with Crippen LogP contribution in [-0.2, 0) is 16.4 Å². The first-order valence-corrected chi connectivity index (χ1v) is 8.74. The van der Waals surface area contributed by atoms with Crippen molar-refractivity contribution in [2.24, 2.45) is 5.14 Å². The van der Waals surface area contributed by atoms with E-state index < -0.39 is 15.9 Å². The number of hydrogen-bond acceptors (Lipinski definition) is 4. The summed E-state index contributed by atoms with van der Waals surface area (Å²) in [6.45, 7) is 3.75. The number of aromatic amines is 1. The second-order valence-electron chi connectivity index (χ2n) is 5.85. The molecule has 0 atom stereocenters. The maximum absolute atomic E-state index is 12.4. The summed E-state index contributed by atoms with van der Waals surface area (Å²) < 4.78 is 23.4. The fourth-order valence-electron chi connectivity index (χ4n) is 2.86. The van der Waals surface area contributed by atoms with Crippen LogP contribution in [0.15, 0.2) is 4.90 Å². The van der Waals surface area contributed by atoms with Gasteiger partial charge >= 0.3 is 0 Å². The number of nitrogens with zero attached hydrogens (tertiary/aromatic N) is 1. The second-order valence-corrected chi connectivity index (χ2v) is 7.35. The molecule has 7 nitrogen and oxygen atoms in total. The van der Waals surface area contributed by atoms with Crippen molar-refractivity contribution in [3.05, 3.63) is 11.4 Å². The minimum atomic E-state index is -3.99. The molecule has 0 unspecified atom stereocenters. The van der Waals surface area contributed by atoms with Crippen LogP contribution in [-0.4, -0.2) is 30.1 Å². The number of carbonyl (C=O) groups excluding carboxylic acids is 1. The Bertz CT molecular complexity index is 630. The average Bonchev–Trinajstić information content (AvgIpc) is 2.82. The molecule has 1 aromatic rings. The number of primary sulfonamides is 1. The monoisotopic (exact) mass is 314 g/mol. The smallest absolute Gasteiger partial charge is 0.273 e. The maximum Gasteiger partial charge on any atom is 0.273 e. The molecule has 8 heteroatoms. The van der Waals surface area contributed by atoms with Gasteiger partial charge in [0.2, 0.25) is 10.0 Å². The van der Waals surface area contributed by atoms with E-state index in [1.54, 1.807) is 6.92 Å². The van der Waals surface area contributed by atoms with Gasteiger partial charge in [0.05, 0.1) is 5.69 Å². The van der Waals surface area contributed by atoms with Gasteiger partial charge in [-0.1, -0.05) is 26.2 Å². The van der Waals surface area contributed by atoms with E-state index in [1.807, 2.05) is 6.92 Å². The first-order chi connectivity index (χ1) is 9.77. The summed E-state index contributed by atoms with van der Waals surface area (Å²) in [7, 11) is -3.99. The van der Waals surface area contributed by atoms with Gasteiger partial charge in [-0.05, 0) is 26.2 Å². The molecule has 4 N–H and O–H groups in total. The normalized spacial score (nSPS) is 18.4. The average molecular weight is 314 g/mol. The van der Waals surface area contributed by atoms with E-state index in [-0.39, 0.29) is 16.1 Å². The number of rotatable bonds is 4. The molecule has 21 heavy (non-hydrogen) atoms. The summed E-state index contributed by atoms with van der Waals surface area (Å²) in [5, 5.41) is 14.6. The number of carbonyl (C=O) groups is 1. The van der Waals surface area contributed by atoms with Crippen molar-refractivity contribution >= 4 is 15.9 Å². The lowest BCUT2D eigenvalue weighted by molar-refractivity contribution is 0.0874. The lowest BCUT2D eigenvalue weighted by atomic mass is 9.83. The van der Waals surface area contributed by atoms with Gasteiger partial charge in [-0.2, -0.15) is 5.10 Å². The predicted octanol–water partition coefficient (Wildman–Crippen LogP) is 1.07. The standard InChI is InChI=1S/C13H22N4O3S/c1-3-9-11(21(14,19)20)10(17-16-9)12(18)15-13(2)7-5-4-6-8-13/h3-8H2,1-2H3,(H,15,18)(H,16,17)(H2,14,19,20). The Balaban J connectivity index is 2.30. The second kappa shape index (κ2) is 5.76. The third-order valence-electron chi connectivity index (χ3n) is 4.02. The molecule has 0 aliphatic heterocycles. The zero-order valence-corrected chi connectivity index (χ0v) is 13.2. The molecule has 0 aromatic carbocycles. The van der Waals surface area contributed by atoms with Crippen LogP contribution in [0.3, 0.4) is 0 Å². The lowest BCUT2D eigenvalue weighted by Gasteiger charge is -2.34. The Kier molecular flexibility index (Phi) is 4.38. The fourth-order valence-corrected chi connectivity index (χ4v) is 3.80. The number of nitrogens with two attached hydrogens (primary N) is 1. The number of sulfonamides is 1. The summed E-state index contributed by atoms with van der Waals surface area (Å²) >= 11 is 0. The Labute approximate surface area is 124 Å². The lowest BCUT2D eigenvalue weighted by Crippen LogP contribution is -2.47. The minimum absolute atomic E-state index is 0.138. The van der Waals surface area contributed by atoms with Crippen LogP contribution in [0.5, 0.6) is 0 Å². The molecule has 0 spiro atoms. The quantitative estimate of drug-likeness (QED) is 0.770. The van der Waals surface area contributed by atoms with Crippen molar-refractivity contribution in [1.82, 2.24) is 15.5 Å². The number of hydrogen-bond donors (Lipinski definition) is 3. The van der Waals surface area contributed by atoms with E-state index in [9.17, 15) is 13.2 Å². The molecule has 118 valence electrons. The van der Waals surface area contributed by atoms with Crippen molar-refractivity contribution in [3.63, 3.8) is 0 Å². The van der Waals surface area contributed by atoms with Gasteiger partial charge in [-0.3, -0.25) is 9.89 Å². The largest absolute Gasteiger partial charge is 0.345 e. The Morgan fingerprint density at radius 1 is 1.38 bits per heavy atom. The highest BCUT2D eigenvalue weighted by Gasteiger charge is 2.33. The number of H-pyrrole nitrogens is 1. The van der Waals surface area contributed by atoms with E-state index in [0.29, 0.717) is 12.1 Å². The molecule has 1 aliphatic rings. The van der Waals surface area contributed by atoms with Gasteiger partial charge in [-0.15, -0.1) is 0 Å². The van der Waals surface area contributed by atoms with E-state index in [0.717, 1.165) is 32.1 Å². The highest BCUT2D eigenvalue weighted by molar-refractivity contribution is 7.89. The third-order valence-corrected chi connectivity index (χ3v) is 5.03. The van der Waals surface area contributed by atoms with Crippen LogP contribution >= 0.6 is 0 Å². The molecule has 0 saturated heterocycles. The summed E-state index contributed by atoms with van der Waals surface area (Å²) in [6, 6.07) is 0. The number of nitrogens with one attached hydrogen (secondary N) is 2. The highest BCUT2D eigenvalue weighted by Crippen LogP contribution is 2.28. The van der Waals surface area contributed by atoms with Crippen LogP contribution in [0.2, 0.25) is 0 Å². The van der Waals surface area contributed by atoms with E-state index in [4.69, 9.17) is 5.14 Å².